The SMILES string of the molecule is CCc1cc(C(=O)O)c(=O)[nH]c1-c1cc2cc(CN3CCOCC3)n(C)c2cc1C. The van der Waals surface area contributed by atoms with E-state index in [-0.39, 0.29) is 5.56 Å². The van der Waals surface area contributed by atoms with Crippen LogP contribution in [0.3, 0.4) is 0 Å². The van der Waals surface area contributed by atoms with Crippen molar-refractivity contribution < 1.29 is 14.6 Å². The van der Waals surface area contributed by atoms with Gasteiger partial charge < -0.3 is 19.4 Å². The second kappa shape index (κ2) is 8.08. The maximum absolute atomic E-state index is 12.3. The van der Waals surface area contributed by atoms with Crippen LogP contribution in [0.5, 0.6) is 0 Å². The number of aromatic carboxylic acids is 1. The number of benzene rings is 1. The molecule has 1 aliphatic heterocycles. The van der Waals surface area contributed by atoms with Crippen molar-refractivity contribution in [3.05, 3.63) is 57.0 Å². The summed E-state index contributed by atoms with van der Waals surface area (Å²) in [5.41, 5.74) is 5.06. The third kappa shape index (κ3) is 3.66. The van der Waals surface area contributed by atoms with E-state index in [0.717, 1.165) is 60.4 Å². The van der Waals surface area contributed by atoms with E-state index in [1.165, 1.54) is 11.8 Å². The summed E-state index contributed by atoms with van der Waals surface area (Å²) in [6.07, 6.45) is 0.626. The number of carboxylic acids is 1. The highest BCUT2D eigenvalue weighted by molar-refractivity contribution is 5.90. The number of aromatic amines is 1. The molecule has 3 aromatic rings. The van der Waals surface area contributed by atoms with Crippen LogP contribution in [0.15, 0.2) is 29.1 Å². The molecule has 30 heavy (non-hydrogen) atoms. The third-order valence-corrected chi connectivity index (χ3v) is 5.98. The normalized spacial score (nSPS) is 15.0. The topological polar surface area (TPSA) is 87.6 Å². The molecule has 0 radical (unpaired) electrons. The first-order chi connectivity index (χ1) is 14.4. The minimum atomic E-state index is -1.21. The lowest BCUT2D eigenvalue weighted by Gasteiger charge is -2.26. The maximum atomic E-state index is 12.3. The predicted molar refractivity (Wildman–Crippen MR) is 116 cm³/mol. The van der Waals surface area contributed by atoms with Gasteiger partial charge in [0.05, 0.1) is 18.9 Å². The Labute approximate surface area is 174 Å². The molecule has 0 bridgehead atoms. The van der Waals surface area contributed by atoms with Gasteiger partial charge in [-0.15, -0.1) is 0 Å². The van der Waals surface area contributed by atoms with Crippen LogP contribution < -0.4 is 5.56 Å². The predicted octanol–water partition coefficient (Wildman–Crippen LogP) is 2.93. The average Bonchev–Trinajstić information content (AvgIpc) is 3.02. The quantitative estimate of drug-likeness (QED) is 0.677. The Bertz CT molecular complexity index is 1170. The highest BCUT2D eigenvalue weighted by Crippen LogP contribution is 2.31. The van der Waals surface area contributed by atoms with Crippen molar-refractivity contribution in [1.82, 2.24) is 14.5 Å². The van der Waals surface area contributed by atoms with E-state index in [0.29, 0.717) is 12.1 Å². The van der Waals surface area contributed by atoms with Crippen molar-refractivity contribution in [2.75, 3.05) is 26.3 Å². The molecule has 1 aromatic carbocycles. The number of carboxylic acid groups (broad SMARTS) is 1. The highest BCUT2D eigenvalue weighted by Gasteiger charge is 2.18. The number of H-pyrrole nitrogens is 1. The molecule has 0 atom stereocenters. The van der Waals surface area contributed by atoms with Crippen molar-refractivity contribution in [1.29, 1.82) is 0 Å². The van der Waals surface area contributed by atoms with Crippen molar-refractivity contribution in [3.63, 3.8) is 0 Å². The Kier molecular flexibility index (Phi) is 5.49. The standard InChI is InChI=1S/C23H27N3O4/c1-4-15-11-19(23(28)29)22(27)24-21(15)18-12-16-10-17(13-26-5-7-30-8-6-26)25(3)20(16)9-14(18)2/h9-12H,4-8,13H2,1-3H3,(H,24,27)(H,28,29). The lowest BCUT2D eigenvalue weighted by Crippen LogP contribution is -2.36. The van der Waals surface area contributed by atoms with Gasteiger partial charge in [0.25, 0.3) is 5.56 Å². The van der Waals surface area contributed by atoms with Crippen LogP contribution in [0.4, 0.5) is 0 Å². The van der Waals surface area contributed by atoms with Gasteiger partial charge >= 0.3 is 5.97 Å². The van der Waals surface area contributed by atoms with E-state index < -0.39 is 11.5 Å². The molecule has 7 nitrogen and oxygen atoms in total. The largest absolute Gasteiger partial charge is 0.477 e. The monoisotopic (exact) mass is 409 g/mol. The van der Waals surface area contributed by atoms with Crippen LogP contribution in [0.25, 0.3) is 22.2 Å². The molecule has 3 heterocycles. The first-order valence-electron chi connectivity index (χ1n) is 10.3. The van der Waals surface area contributed by atoms with Gasteiger partial charge in [-0.1, -0.05) is 6.92 Å². The third-order valence-electron chi connectivity index (χ3n) is 5.98. The minimum Gasteiger partial charge on any atom is -0.477 e. The smallest absolute Gasteiger partial charge is 0.341 e. The summed E-state index contributed by atoms with van der Waals surface area (Å²) >= 11 is 0. The Morgan fingerprint density at radius 2 is 1.93 bits per heavy atom. The lowest BCUT2D eigenvalue weighted by molar-refractivity contribution is 0.0333. The van der Waals surface area contributed by atoms with Gasteiger partial charge in [0, 0.05) is 48.8 Å². The number of morpholine rings is 1. The zero-order valence-electron chi connectivity index (χ0n) is 17.6. The number of rotatable bonds is 5. The molecule has 0 amide bonds. The molecule has 0 spiro atoms. The molecule has 2 aromatic heterocycles. The molecule has 0 aliphatic carbocycles. The summed E-state index contributed by atoms with van der Waals surface area (Å²) in [7, 11) is 2.08. The van der Waals surface area contributed by atoms with E-state index in [1.54, 1.807) is 0 Å². The van der Waals surface area contributed by atoms with Crippen molar-refractivity contribution in [2.24, 2.45) is 7.05 Å². The molecule has 0 unspecified atom stereocenters. The summed E-state index contributed by atoms with van der Waals surface area (Å²) in [4.78, 5) is 28.9. The second-order valence-electron chi connectivity index (χ2n) is 7.88. The maximum Gasteiger partial charge on any atom is 0.341 e. The van der Waals surface area contributed by atoms with Crippen LogP contribution in [0.2, 0.25) is 0 Å². The number of pyridine rings is 1. The fourth-order valence-electron chi connectivity index (χ4n) is 4.21. The summed E-state index contributed by atoms with van der Waals surface area (Å²) in [5, 5.41) is 10.4. The fraction of sp³-hybridized carbons (Fsp3) is 0.391. The summed E-state index contributed by atoms with van der Waals surface area (Å²) in [6.45, 7) is 8.25. The number of fused-ring (bicyclic) bond motifs is 1. The zero-order chi connectivity index (χ0) is 21.4. The number of carbonyl (C=O) groups is 1. The van der Waals surface area contributed by atoms with Gasteiger partial charge in [0.2, 0.25) is 0 Å². The lowest BCUT2D eigenvalue weighted by atomic mass is 9.97. The molecule has 1 fully saturated rings. The van der Waals surface area contributed by atoms with E-state index in [2.05, 4.69) is 39.7 Å². The average molecular weight is 409 g/mol. The Hall–Kier alpha value is -2.90. The molecule has 1 aliphatic rings. The number of ether oxygens (including phenoxy) is 1. The van der Waals surface area contributed by atoms with Gasteiger partial charge in [0.15, 0.2) is 0 Å². The van der Waals surface area contributed by atoms with E-state index in [9.17, 15) is 14.7 Å². The molecule has 158 valence electrons. The van der Waals surface area contributed by atoms with Crippen LogP contribution in [0, 0.1) is 6.92 Å². The molecule has 0 saturated carbocycles. The van der Waals surface area contributed by atoms with Gasteiger partial charge in [-0.2, -0.15) is 0 Å². The Balaban J connectivity index is 1.79. The number of nitrogens with zero attached hydrogens (tertiary/aromatic N) is 2. The number of nitrogens with one attached hydrogen (secondary N) is 1. The van der Waals surface area contributed by atoms with Crippen molar-refractivity contribution >= 4 is 16.9 Å². The summed E-state index contributed by atoms with van der Waals surface area (Å²) in [6, 6.07) is 7.92. The van der Waals surface area contributed by atoms with Crippen LogP contribution in [0.1, 0.15) is 34.1 Å². The van der Waals surface area contributed by atoms with E-state index in [1.807, 2.05) is 13.8 Å². The summed E-state index contributed by atoms with van der Waals surface area (Å²) in [5.74, 6) is -1.21. The number of hydrogen-bond acceptors (Lipinski definition) is 4. The van der Waals surface area contributed by atoms with Gasteiger partial charge in [0.1, 0.15) is 5.56 Å². The minimum absolute atomic E-state index is 0.221. The van der Waals surface area contributed by atoms with Gasteiger partial charge in [-0.05, 0) is 48.7 Å². The molecule has 7 heteroatoms. The Morgan fingerprint density at radius 3 is 2.60 bits per heavy atom. The van der Waals surface area contributed by atoms with Crippen molar-refractivity contribution in [2.45, 2.75) is 26.8 Å². The van der Waals surface area contributed by atoms with Gasteiger partial charge in [-0.3, -0.25) is 9.69 Å². The van der Waals surface area contributed by atoms with Crippen LogP contribution in [-0.4, -0.2) is 51.8 Å². The zero-order valence-corrected chi connectivity index (χ0v) is 17.6. The highest BCUT2D eigenvalue weighted by atomic mass is 16.5. The number of aryl methyl sites for hydroxylation is 3. The molecule has 1 saturated heterocycles. The molecule has 2 N–H and O–H groups in total. The van der Waals surface area contributed by atoms with Gasteiger partial charge in [-0.25, -0.2) is 4.79 Å². The first-order valence-corrected chi connectivity index (χ1v) is 10.3. The molecule has 4 rings (SSSR count). The summed E-state index contributed by atoms with van der Waals surface area (Å²) < 4.78 is 7.67. The Morgan fingerprint density at radius 1 is 1.20 bits per heavy atom. The number of hydrogen-bond donors (Lipinski definition) is 2. The van der Waals surface area contributed by atoms with E-state index in [4.69, 9.17) is 4.74 Å². The first kappa shape index (κ1) is 20.4. The second-order valence-corrected chi connectivity index (χ2v) is 7.88. The van der Waals surface area contributed by atoms with Crippen LogP contribution in [-0.2, 0) is 24.8 Å². The fourth-order valence-corrected chi connectivity index (χ4v) is 4.21. The van der Waals surface area contributed by atoms with Crippen LogP contribution >= 0.6 is 0 Å². The number of aromatic nitrogens is 2. The van der Waals surface area contributed by atoms with Crippen molar-refractivity contribution in [3.8, 4) is 11.3 Å². The molecular weight excluding hydrogens is 382 g/mol. The molecular formula is C23H27N3O4. The van der Waals surface area contributed by atoms with E-state index >= 15 is 0 Å².